The summed E-state index contributed by atoms with van der Waals surface area (Å²) < 4.78 is 2.71. The third-order valence-corrected chi connectivity index (χ3v) is 3.94. The van der Waals surface area contributed by atoms with Crippen molar-refractivity contribution in [3.63, 3.8) is 0 Å². The Kier molecular flexibility index (Phi) is 4.11. The molecule has 0 spiro atoms. The molecule has 1 atom stereocenters. The van der Waals surface area contributed by atoms with Crippen LogP contribution in [0.3, 0.4) is 0 Å². The fourth-order valence-electron chi connectivity index (χ4n) is 2.47. The number of hydrogen-bond acceptors (Lipinski definition) is 2. The molecular formula is C15H19BrN2O. The highest BCUT2D eigenvalue weighted by molar-refractivity contribution is 9.10. The summed E-state index contributed by atoms with van der Waals surface area (Å²) in [4.78, 5) is 0. The number of aryl methyl sites for hydroxylation is 2. The Balaban J connectivity index is 2.56. The third-order valence-electron chi connectivity index (χ3n) is 3.36. The lowest BCUT2D eigenvalue weighted by molar-refractivity contribution is 0.0899. The Bertz CT molecular complexity index is 575. The van der Waals surface area contributed by atoms with Crippen LogP contribution in [0.5, 0.6) is 0 Å². The lowest BCUT2D eigenvalue weighted by atomic mass is 9.89. The van der Waals surface area contributed by atoms with Gasteiger partial charge in [-0.1, -0.05) is 31.2 Å². The molecule has 0 aliphatic carbocycles. The highest BCUT2D eigenvalue weighted by atomic mass is 79.9. The van der Waals surface area contributed by atoms with E-state index in [0.717, 1.165) is 34.3 Å². The zero-order chi connectivity index (χ0) is 14.0. The Morgan fingerprint density at radius 2 is 2.05 bits per heavy atom. The van der Waals surface area contributed by atoms with Gasteiger partial charge >= 0.3 is 0 Å². The zero-order valence-electron chi connectivity index (χ0n) is 11.5. The smallest absolute Gasteiger partial charge is 0.130 e. The van der Waals surface area contributed by atoms with Gasteiger partial charge in [0.1, 0.15) is 5.60 Å². The second-order valence-electron chi connectivity index (χ2n) is 4.95. The van der Waals surface area contributed by atoms with E-state index in [-0.39, 0.29) is 0 Å². The second-order valence-corrected chi connectivity index (χ2v) is 5.81. The van der Waals surface area contributed by atoms with Gasteiger partial charge in [-0.15, -0.1) is 0 Å². The van der Waals surface area contributed by atoms with Gasteiger partial charge in [-0.2, -0.15) is 5.10 Å². The second kappa shape index (κ2) is 5.47. The van der Waals surface area contributed by atoms with Crippen LogP contribution >= 0.6 is 15.9 Å². The van der Waals surface area contributed by atoms with E-state index in [1.807, 2.05) is 42.8 Å². The van der Waals surface area contributed by atoms with Crippen LogP contribution in [0.1, 0.15) is 37.1 Å². The van der Waals surface area contributed by atoms with Crippen molar-refractivity contribution >= 4 is 15.9 Å². The van der Waals surface area contributed by atoms with Gasteiger partial charge in [0, 0.05) is 6.54 Å². The molecule has 0 saturated carbocycles. The molecule has 0 fully saturated rings. The number of aliphatic hydroxyl groups is 1. The number of benzene rings is 1. The van der Waals surface area contributed by atoms with Gasteiger partial charge in [-0.25, -0.2) is 0 Å². The number of halogens is 1. The zero-order valence-corrected chi connectivity index (χ0v) is 13.1. The first kappa shape index (κ1) is 14.3. The molecule has 3 nitrogen and oxygen atoms in total. The van der Waals surface area contributed by atoms with Crippen molar-refractivity contribution in [1.82, 2.24) is 9.78 Å². The van der Waals surface area contributed by atoms with E-state index in [1.54, 1.807) is 6.20 Å². The largest absolute Gasteiger partial charge is 0.379 e. The van der Waals surface area contributed by atoms with Gasteiger partial charge in [0.15, 0.2) is 0 Å². The molecule has 2 aromatic rings. The lowest BCUT2D eigenvalue weighted by Crippen LogP contribution is -2.28. The van der Waals surface area contributed by atoms with Crippen molar-refractivity contribution in [1.29, 1.82) is 0 Å². The SMILES string of the molecule is CCCn1ncc(Br)c1C(C)(O)c1ccccc1C. The molecule has 0 radical (unpaired) electrons. The van der Waals surface area contributed by atoms with Gasteiger partial charge in [0.2, 0.25) is 0 Å². The molecule has 0 saturated heterocycles. The predicted molar refractivity (Wildman–Crippen MR) is 80.1 cm³/mol. The normalized spacial score (nSPS) is 14.4. The van der Waals surface area contributed by atoms with Crippen LogP contribution in [0.4, 0.5) is 0 Å². The van der Waals surface area contributed by atoms with Crippen molar-refractivity contribution in [2.45, 2.75) is 39.3 Å². The molecular weight excluding hydrogens is 304 g/mol. The first-order chi connectivity index (χ1) is 8.98. The molecule has 102 valence electrons. The molecule has 0 aliphatic heterocycles. The molecule has 1 heterocycles. The Morgan fingerprint density at radius 3 is 2.68 bits per heavy atom. The van der Waals surface area contributed by atoms with Gasteiger partial charge in [-0.3, -0.25) is 4.68 Å². The van der Waals surface area contributed by atoms with Crippen LogP contribution in [0, 0.1) is 6.92 Å². The van der Waals surface area contributed by atoms with E-state index in [9.17, 15) is 5.11 Å². The van der Waals surface area contributed by atoms with Crippen molar-refractivity contribution < 1.29 is 5.11 Å². The van der Waals surface area contributed by atoms with Crippen LogP contribution in [-0.2, 0) is 12.1 Å². The van der Waals surface area contributed by atoms with Crippen molar-refractivity contribution in [2.24, 2.45) is 0 Å². The van der Waals surface area contributed by atoms with Crippen LogP contribution in [-0.4, -0.2) is 14.9 Å². The fourth-order valence-corrected chi connectivity index (χ4v) is 3.16. The quantitative estimate of drug-likeness (QED) is 0.933. The van der Waals surface area contributed by atoms with Gasteiger partial charge in [-0.05, 0) is 47.3 Å². The van der Waals surface area contributed by atoms with E-state index in [2.05, 4.69) is 28.0 Å². The van der Waals surface area contributed by atoms with Crippen LogP contribution < -0.4 is 0 Å². The third kappa shape index (κ3) is 2.60. The van der Waals surface area contributed by atoms with E-state index >= 15 is 0 Å². The number of aromatic nitrogens is 2. The standard InChI is InChI=1S/C15H19BrN2O/c1-4-9-18-14(13(16)10-17-18)15(3,19)12-8-6-5-7-11(12)2/h5-8,10,19H,4,9H2,1-3H3. The van der Waals surface area contributed by atoms with E-state index in [1.165, 1.54) is 0 Å². The molecule has 0 amide bonds. The van der Waals surface area contributed by atoms with E-state index in [0.29, 0.717) is 0 Å². The van der Waals surface area contributed by atoms with Gasteiger partial charge < -0.3 is 5.11 Å². The molecule has 19 heavy (non-hydrogen) atoms. The summed E-state index contributed by atoms with van der Waals surface area (Å²) in [5.74, 6) is 0. The molecule has 4 heteroatoms. The minimum absolute atomic E-state index is 0.795. The van der Waals surface area contributed by atoms with Gasteiger partial charge in [0.05, 0.1) is 16.4 Å². The first-order valence-electron chi connectivity index (χ1n) is 6.48. The number of hydrogen-bond donors (Lipinski definition) is 1. The highest BCUT2D eigenvalue weighted by Gasteiger charge is 2.33. The minimum Gasteiger partial charge on any atom is -0.379 e. The average molecular weight is 323 g/mol. The Hall–Kier alpha value is -1.13. The van der Waals surface area contributed by atoms with E-state index in [4.69, 9.17) is 0 Å². The molecule has 0 bridgehead atoms. The summed E-state index contributed by atoms with van der Waals surface area (Å²) in [6.45, 7) is 6.73. The van der Waals surface area contributed by atoms with Crippen LogP contribution in [0.25, 0.3) is 0 Å². The topological polar surface area (TPSA) is 38.0 Å². The van der Waals surface area contributed by atoms with Crippen molar-refractivity contribution in [3.05, 3.63) is 51.8 Å². The lowest BCUT2D eigenvalue weighted by Gasteiger charge is -2.27. The van der Waals surface area contributed by atoms with E-state index < -0.39 is 5.60 Å². The molecule has 1 unspecified atom stereocenters. The Labute approximate surface area is 122 Å². The summed E-state index contributed by atoms with van der Waals surface area (Å²) in [5, 5.41) is 15.4. The van der Waals surface area contributed by atoms with Crippen LogP contribution in [0.15, 0.2) is 34.9 Å². The van der Waals surface area contributed by atoms with Crippen molar-refractivity contribution in [2.75, 3.05) is 0 Å². The molecule has 1 N–H and O–H groups in total. The Morgan fingerprint density at radius 1 is 1.37 bits per heavy atom. The molecule has 1 aromatic heterocycles. The maximum atomic E-state index is 11.0. The monoisotopic (exact) mass is 322 g/mol. The average Bonchev–Trinajstić information content (AvgIpc) is 2.72. The minimum atomic E-state index is -1.06. The fraction of sp³-hybridized carbons (Fsp3) is 0.400. The summed E-state index contributed by atoms with van der Waals surface area (Å²) in [6.07, 6.45) is 2.72. The molecule has 0 aliphatic rings. The summed E-state index contributed by atoms with van der Waals surface area (Å²) in [5.41, 5.74) is 1.73. The summed E-state index contributed by atoms with van der Waals surface area (Å²) in [6, 6.07) is 7.90. The number of nitrogens with zero attached hydrogens (tertiary/aromatic N) is 2. The maximum Gasteiger partial charge on any atom is 0.130 e. The predicted octanol–water partition coefficient (Wildman–Crippen LogP) is 3.62. The summed E-state index contributed by atoms with van der Waals surface area (Å²) >= 11 is 3.50. The molecule has 1 aromatic carbocycles. The van der Waals surface area contributed by atoms with Gasteiger partial charge in [0.25, 0.3) is 0 Å². The maximum absolute atomic E-state index is 11.0. The summed E-state index contributed by atoms with van der Waals surface area (Å²) in [7, 11) is 0. The molecule has 2 rings (SSSR count). The van der Waals surface area contributed by atoms with Crippen LogP contribution in [0.2, 0.25) is 0 Å². The van der Waals surface area contributed by atoms with Crippen molar-refractivity contribution in [3.8, 4) is 0 Å². The first-order valence-corrected chi connectivity index (χ1v) is 7.28. The highest BCUT2D eigenvalue weighted by Crippen LogP contribution is 2.35. The number of rotatable bonds is 4.